The lowest BCUT2D eigenvalue weighted by Crippen LogP contribution is -2.28. The largest absolute Gasteiger partial charge is 0.447 e. The van der Waals surface area contributed by atoms with Crippen LogP contribution in [0.4, 0.5) is 10.6 Å². The number of nitrogens with zero attached hydrogens (tertiary/aromatic N) is 4. The van der Waals surface area contributed by atoms with Gasteiger partial charge in [-0.1, -0.05) is 30.3 Å². The first-order chi connectivity index (χ1) is 10.7. The Morgan fingerprint density at radius 3 is 2.86 bits per heavy atom. The van der Waals surface area contributed by atoms with E-state index < -0.39 is 0 Å². The molecule has 1 aliphatic rings. The van der Waals surface area contributed by atoms with Crippen LogP contribution in [0, 0.1) is 0 Å². The van der Waals surface area contributed by atoms with E-state index in [4.69, 9.17) is 4.74 Å². The third kappa shape index (κ3) is 2.05. The summed E-state index contributed by atoms with van der Waals surface area (Å²) in [6, 6.07) is 11.4. The minimum Gasteiger partial charge on any atom is -0.447 e. The Morgan fingerprint density at radius 1 is 1.23 bits per heavy atom. The molecule has 7 heteroatoms. The van der Waals surface area contributed by atoms with Gasteiger partial charge in [-0.2, -0.15) is 5.10 Å². The number of carbonyl (C=O) groups excluding carboxylic acids is 1. The highest BCUT2D eigenvalue weighted by atomic mass is 79.9. The molecule has 2 aromatic heterocycles. The Bertz CT molecular complexity index is 849. The van der Waals surface area contributed by atoms with Crippen LogP contribution in [-0.2, 0) is 4.74 Å². The Balaban J connectivity index is 1.80. The van der Waals surface area contributed by atoms with Gasteiger partial charge in [-0.05, 0) is 27.6 Å². The van der Waals surface area contributed by atoms with E-state index in [1.54, 1.807) is 27.9 Å². The van der Waals surface area contributed by atoms with Gasteiger partial charge < -0.3 is 4.74 Å². The fourth-order valence-corrected chi connectivity index (χ4v) is 2.92. The lowest BCUT2D eigenvalue weighted by molar-refractivity contribution is 0.179. The van der Waals surface area contributed by atoms with Crippen molar-refractivity contribution in [2.24, 2.45) is 0 Å². The predicted molar refractivity (Wildman–Crippen MR) is 83.7 cm³/mol. The standard InChI is InChI=1S/C15H11BrN4O2/c16-11-8-17-19-7-6-13(18-14(11)19)20-12(9-22-15(20)21)10-4-2-1-3-5-10/h1-8,12H,9H2. The highest BCUT2D eigenvalue weighted by Gasteiger charge is 2.36. The zero-order valence-corrected chi connectivity index (χ0v) is 13.0. The summed E-state index contributed by atoms with van der Waals surface area (Å²) in [5.74, 6) is 0.546. The summed E-state index contributed by atoms with van der Waals surface area (Å²) in [6.07, 6.45) is 3.06. The molecule has 1 aromatic carbocycles. The molecule has 0 saturated carbocycles. The second-order valence-corrected chi connectivity index (χ2v) is 5.77. The summed E-state index contributed by atoms with van der Waals surface area (Å²) in [4.78, 5) is 18.2. The first kappa shape index (κ1) is 13.3. The number of aromatic nitrogens is 3. The lowest BCUT2D eigenvalue weighted by Gasteiger charge is -2.20. The van der Waals surface area contributed by atoms with Gasteiger partial charge in [0.2, 0.25) is 0 Å². The number of cyclic esters (lactones) is 1. The van der Waals surface area contributed by atoms with E-state index in [1.807, 2.05) is 30.3 Å². The van der Waals surface area contributed by atoms with Crippen molar-refractivity contribution in [1.29, 1.82) is 0 Å². The number of rotatable bonds is 2. The third-order valence-corrected chi connectivity index (χ3v) is 4.17. The monoisotopic (exact) mass is 358 g/mol. The van der Waals surface area contributed by atoms with Crippen LogP contribution >= 0.6 is 15.9 Å². The van der Waals surface area contributed by atoms with E-state index in [1.165, 1.54) is 0 Å². The topological polar surface area (TPSA) is 59.7 Å². The summed E-state index contributed by atoms with van der Waals surface area (Å²) in [5.41, 5.74) is 1.67. The molecular formula is C15H11BrN4O2. The molecule has 1 atom stereocenters. The maximum atomic E-state index is 12.1. The van der Waals surface area contributed by atoms with Crippen LogP contribution < -0.4 is 4.90 Å². The quantitative estimate of drug-likeness (QED) is 0.705. The molecule has 0 N–H and O–H groups in total. The molecule has 1 amide bonds. The van der Waals surface area contributed by atoms with Gasteiger partial charge in [0, 0.05) is 6.20 Å². The highest BCUT2D eigenvalue weighted by Crippen LogP contribution is 2.32. The van der Waals surface area contributed by atoms with Gasteiger partial charge in [0.25, 0.3) is 0 Å². The molecule has 22 heavy (non-hydrogen) atoms. The van der Waals surface area contributed by atoms with E-state index >= 15 is 0 Å². The number of halogens is 1. The maximum absolute atomic E-state index is 12.1. The molecular weight excluding hydrogens is 348 g/mol. The summed E-state index contributed by atoms with van der Waals surface area (Å²) < 4.78 is 7.64. The van der Waals surface area contributed by atoms with Crippen LogP contribution in [0.1, 0.15) is 11.6 Å². The predicted octanol–water partition coefficient (Wildman–Crippen LogP) is 3.19. The van der Waals surface area contributed by atoms with Gasteiger partial charge in [0.1, 0.15) is 18.5 Å². The van der Waals surface area contributed by atoms with E-state index in [9.17, 15) is 4.79 Å². The van der Waals surface area contributed by atoms with Crippen molar-refractivity contribution in [3.8, 4) is 0 Å². The fourth-order valence-electron chi connectivity index (χ4n) is 2.56. The highest BCUT2D eigenvalue weighted by molar-refractivity contribution is 9.10. The van der Waals surface area contributed by atoms with E-state index in [-0.39, 0.29) is 12.1 Å². The number of hydrogen-bond donors (Lipinski definition) is 0. The molecule has 0 spiro atoms. The number of ether oxygens (including phenoxy) is 1. The smallest absolute Gasteiger partial charge is 0.416 e. The van der Waals surface area contributed by atoms with Crippen LogP contribution in [0.15, 0.2) is 53.3 Å². The van der Waals surface area contributed by atoms with Crippen LogP contribution in [0.2, 0.25) is 0 Å². The Morgan fingerprint density at radius 2 is 2.05 bits per heavy atom. The van der Waals surface area contributed by atoms with Crippen LogP contribution in [0.5, 0.6) is 0 Å². The minimum atomic E-state index is -0.388. The van der Waals surface area contributed by atoms with Gasteiger partial charge in [0.15, 0.2) is 5.65 Å². The van der Waals surface area contributed by atoms with Crippen LogP contribution in [0.25, 0.3) is 5.65 Å². The molecule has 1 fully saturated rings. The summed E-state index contributed by atoms with van der Waals surface area (Å²) >= 11 is 3.40. The number of hydrogen-bond acceptors (Lipinski definition) is 4. The summed E-state index contributed by atoms with van der Waals surface area (Å²) in [7, 11) is 0. The van der Waals surface area contributed by atoms with Crippen LogP contribution in [-0.4, -0.2) is 27.3 Å². The van der Waals surface area contributed by atoms with E-state index in [0.717, 1.165) is 10.0 Å². The summed E-state index contributed by atoms with van der Waals surface area (Å²) in [5, 5.41) is 4.15. The van der Waals surface area contributed by atoms with Crippen molar-refractivity contribution in [2.75, 3.05) is 11.5 Å². The number of anilines is 1. The molecule has 6 nitrogen and oxygen atoms in total. The van der Waals surface area contributed by atoms with Gasteiger partial charge in [-0.15, -0.1) is 0 Å². The summed E-state index contributed by atoms with van der Waals surface area (Å²) in [6.45, 7) is 0.316. The molecule has 0 bridgehead atoms. The number of carbonyl (C=O) groups is 1. The molecule has 0 radical (unpaired) electrons. The normalized spacial score (nSPS) is 18.0. The SMILES string of the molecule is O=C1OCC(c2ccccc2)N1c1ccn2ncc(Br)c2n1. The third-order valence-electron chi connectivity index (χ3n) is 3.62. The van der Waals surface area contributed by atoms with Crippen molar-refractivity contribution < 1.29 is 9.53 Å². The van der Waals surface area contributed by atoms with Crippen molar-refractivity contribution >= 4 is 33.5 Å². The molecule has 4 rings (SSSR count). The van der Waals surface area contributed by atoms with Gasteiger partial charge in [0.05, 0.1) is 10.7 Å². The van der Waals surface area contributed by atoms with Gasteiger partial charge >= 0.3 is 6.09 Å². The van der Waals surface area contributed by atoms with E-state index in [2.05, 4.69) is 26.0 Å². The zero-order valence-electron chi connectivity index (χ0n) is 11.4. The Labute approximate surface area is 134 Å². The minimum absolute atomic E-state index is 0.176. The van der Waals surface area contributed by atoms with E-state index in [0.29, 0.717) is 18.1 Å². The Hall–Kier alpha value is -2.41. The van der Waals surface area contributed by atoms with Crippen LogP contribution in [0.3, 0.4) is 0 Å². The number of amides is 1. The Kier molecular flexibility index (Phi) is 3.07. The molecule has 110 valence electrons. The molecule has 1 aliphatic heterocycles. The zero-order chi connectivity index (χ0) is 15.1. The molecule has 0 aliphatic carbocycles. The van der Waals surface area contributed by atoms with Crippen molar-refractivity contribution in [1.82, 2.24) is 14.6 Å². The fraction of sp³-hybridized carbons (Fsp3) is 0.133. The van der Waals surface area contributed by atoms with Crippen molar-refractivity contribution in [3.05, 3.63) is 58.8 Å². The second-order valence-electron chi connectivity index (χ2n) is 4.92. The lowest BCUT2D eigenvalue weighted by atomic mass is 10.1. The first-order valence-electron chi connectivity index (χ1n) is 6.75. The maximum Gasteiger partial charge on any atom is 0.416 e. The van der Waals surface area contributed by atoms with Gasteiger partial charge in [-0.25, -0.2) is 14.3 Å². The van der Waals surface area contributed by atoms with Crippen molar-refractivity contribution in [2.45, 2.75) is 6.04 Å². The van der Waals surface area contributed by atoms with Crippen molar-refractivity contribution in [3.63, 3.8) is 0 Å². The average molecular weight is 359 g/mol. The number of benzene rings is 1. The average Bonchev–Trinajstić information content (AvgIpc) is 3.11. The second kappa shape index (κ2) is 5.10. The molecule has 1 saturated heterocycles. The number of fused-ring (bicyclic) bond motifs is 1. The first-order valence-corrected chi connectivity index (χ1v) is 7.54. The van der Waals surface area contributed by atoms with Gasteiger partial charge in [-0.3, -0.25) is 4.90 Å². The molecule has 3 heterocycles. The molecule has 1 unspecified atom stereocenters. The molecule has 3 aromatic rings.